The molecule has 2 unspecified atom stereocenters. The van der Waals surface area contributed by atoms with Crippen LogP contribution in [0, 0.1) is 5.92 Å². The fourth-order valence-corrected chi connectivity index (χ4v) is 2.29. The van der Waals surface area contributed by atoms with E-state index in [9.17, 15) is 4.79 Å². The lowest BCUT2D eigenvalue weighted by Gasteiger charge is -2.38. The number of hydrogen-bond donors (Lipinski definition) is 2. The van der Waals surface area contributed by atoms with Crippen LogP contribution in [0.4, 0.5) is 0 Å². The first kappa shape index (κ1) is 9.93. The summed E-state index contributed by atoms with van der Waals surface area (Å²) in [5, 5.41) is 12.2. The minimum Gasteiger partial charge on any atom is -0.480 e. The monoisotopic (exact) mass is 198 g/mol. The Hall–Kier alpha value is -0.610. The Kier molecular flexibility index (Phi) is 2.74. The van der Waals surface area contributed by atoms with E-state index in [0.717, 1.165) is 19.0 Å². The molecule has 2 atom stereocenters. The molecule has 14 heavy (non-hydrogen) atoms. The molecular weight excluding hydrogens is 180 g/mol. The van der Waals surface area contributed by atoms with Crippen LogP contribution in [0.1, 0.15) is 19.8 Å². The zero-order chi connectivity index (χ0) is 10.1. The highest BCUT2D eigenvalue weighted by Gasteiger charge is 2.38. The maximum Gasteiger partial charge on any atom is 0.322 e. The lowest BCUT2D eigenvalue weighted by Crippen LogP contribution is -2.58. The summed E-state index contributed by atoms with van der Waals surface area (Å²) >= 11 is 0. The van der Waals surface area contributed by atoms with E-state index in [2.05, 4.69) is 17.1 Å². The summed E-state index contributed by atoms with van der Waals surface area (Å²) in [6.07, 6.45) is 2.55. The van der Waals surface area contributed by atoms with Crippen LogP contribution in [-0.2, 0) is 4.79 Å². The van der Waals surface area contributed by atoms with Gasteiger partial charge in [-0.2, -0.15) is 0 Å². The van der Waals surface area contributed by atoms with Crippen molar-refractivity contribution in [1.82, 2.24) is 10.2 Å². The highest BCUT2D eigenvalue weighted by Crippen LogP contribution is 2.35. The third-order valence-corrected chi connectivity index (χ3v) is 3.40. The predicted molar refractivity (Wildman–Crippen MR) is 53.2 cm³/mol. The Labute approximate surface area is 84.3 Å². The first-order chi connectivity index (χ1) is 6.70. The number of nitrogens with zero attached hydrogens (tertiary/aromatic N) is 1. The molecule has 1 saturated carbocycles. The molecule has 0 aromatic heterocycles. The number of piperazine rings is 1. The van der Waals surface area contributed by atoms with Gasteiger partial charge in [-0.25, -0.2) is 0 Å². The van der Waals surface area contributed by atoms with E-state index in [1.165, 1.54) is 12.8 Å². The predicted octanol–water partition coefficient (Wildman–Crippen LogP) is 0.143. The Morgan fingerprint density at radius 1 is 1.57 bits per heavy atom. The van der Waals surface area contributed by atoms with Crippen molar-refractivity contribution in [2.75, 3.05) is 19.6 Å². The van der Waals surface area contributed by atoms with Gasteiger partial charge in [0.05, 0.1) is 0 Å². The molecule has 1 aliphatic heterocycles. The van der Waals surface area contributed by atoms with Crippen LogP contribution in [0.25, 0.3) is 0 Å². The van der Waals surface area contributed by atoms with E-state index in [0.29, 0.717) is 12.6 Å². The fraction of sp³-hybridized carbons (Fsp3) is 0.900. The molecule has 2 N–H and O–H groups in total. The lowest BCUT2D eigenvalue weighted by molar-refractivity contribution is -0.145. The molecule has 1 heterocycles. The number of carboxylic acids is 1. The van der Waals surface area contributed by atoms with Gasteiger partial charge < -0.3 is 10.4 Å². The normalized spacial score (nSPS) is 31.4. The zero-order valence-corrected chi connectivity index (χ0v) is 8.57. The minimum absolute atomic E-state index is 0.320. The van der Waals surface area contributed by atoms with Gasteiger partial charge in [0.2, 0.25) is 0 Å². The lowest BCUT2D eigenvalue weighted by atomic mass is 10.1. The molecule has 2 fully saturated rings. The topological polar surface area (TPSA) is 52.6 Å². The second-order valence-electron chi connectivity index (χ2n) is 4.37. The van der Waals surface area contributed by atoms with Crippen molar-refractivity contribution in [1.29, 1.82) is 0 Å². The first-order valence-corrected chi connectivity index (χ1v) is 5.39. The van der Waals surface area contributed by atoms with Gasteiger partial charge in [-0.1, -0.05) is 0 Å². The van der Waals surface area contributed by atoms with E-state index in [1.54, 1.807) is 0 Å². The van der Waals surface area contributed by atoms with Gasteiger partial charge in [0.25, 0.3) is 0 Å². The number of rotatable bonds is 3. The van der Waals surface area contributed by atoms with Crippen molar-refractivity contribution >= 4 is 5.97 Å². The number of carboxylic acid groups (broad SMARTS) is 1. The summed E-state index contributed by atoms with van der Waals surface area (Å²) in [5.74, 6) is 0.0552. The van der Waals surface area contributed by atoms with Crippen molar-refractivity contribution in [3.05, 3.63) is 0 Å². The standard InChI is InChI=1S/C10H18N2O2/c1-7(8-2-3-8)12-5-4-11-6-9(12)10(13)14/h7-9,11H,2-6H2,1H3,(H,13,14). The van der Waals surface area contributed by atoms with Crippen molar-refractivity contribution in [2.45, 2.75) is 31.8 Å². The van der Waals surface area contributed by atoms with E-state index in [1.807, 2.05) is 0 Å². The van der Waals surface area contributed by atoms with Crippen molar-refractivity contribution < 1.29 is 9.90 Å². The number of carbonyl (C=O) groups is 1. The molecule has 0 spiro atoms. The first-order valence-electron chi connectivity index (χ1n) is 5.39. The molecule has 0 radical (unpaired) electrons. The number of nitrogens with one attached hydrogen (secondary N) is 1. The summed E-state index contributed by atoms with van der Waals surface area (Å²) in [6, 6.07) is 0.123. The van der Waals surface area contributed by atoms with Gasteiger partial charge in [-0.05, 0) is 25.7 Å². The Bertz CT molecular complexity index is 228. The molecule has 0 aromatic rings. The average molecular weight is 198 g/mol. The maximum absolute atomic E-state index is 11.0. The SMILES string of the molecule is CC(C1CC1)N1CCNCC1C(=O)O. The molecule has 1 saturated heterocycles. The van der Waals surface area contributed by atoms with Crippen LogP contribution in [0.5, 0.6) is 0 Å². The average Bonchev–Trinajstić information content (AvgIpc) is 3.00. The molecule has 0 aromatic carbocycles. The van der Waals surface area contributed by atoms with Crippen molar-refractivity contribution in [2.24, 2.45) is 5.92 Å². The molecule has 0 amide bonds. The van der Waals surface area contributed by atoms with E-state index in [-0.39, 0.29) is 6.04 Å². The molecule has 2 aliphatic rings. The van der Waals surface area contributed by atoms with Crippen molar-refractivity contribution in [3.63, 3.8) is 0 Å². The van der Waals surface area contributed by atoms with E-state index >= 15 is 0 Å². The summed E-state index contributed by atoms with van der Waals surface area (Å²) in [5.41, 5.74) is 0. The Morgan fingerprint density at radius 3 is 2.86 bits per heavy atom. The quantitative estimate of drug-likeness (QED) is 0.677. The highest BCUT2D eigenvalue weighted by molar-refractivity contribution is 5.74. The molecule has 4 heteroatoms. The molecule has 4 nitrogen and oxygen atoms in total. The van der Waals surface area contributed by atoms with Crippen LogP contribution < -0.4 is 5.32 Å². The second kappa shape index (κ2) is 3.87. The molecule has 0 bridgehead atoms. The highest BCUT2D eigenvalue weighted by atomic mass is 16.4. The number of aliphatic carboxylic acids is 1. The van der Waals surface area contributed by atoms with Crippen LogP contribution in [0.2, 0.25) is 0 Å². The van der Waals surface area contributed by atoms with E-state index < -0.39 is 5.97 Å². The third-order valence-electron chi connectivity index (χ3n) is 3.40. The molecule has 2 rings (SSSR count). The minimum atomic E-state index is -0.690. The van der Waals surface area contributed by atoms with Crippen LogP contribution in [-0.4, -0.2) is 47.7 Å². The van der Waals surface area contributed by atoms with Gasteiger partial charge in [-0.15, -0.1) is 0 Å². The summed E-state index contributed by atoms with van der Waals surface area (Å²) in [6.45, 7) is 4.54. The summed E-state index contributed by atoms with van der Waals surface area (Å²) in [7, 11) is 0. The van der Waals surface area contributed by atoms with Gasteiger partial charge >= 0.3 is 5.97 Å². The second-order valence-corrected chi connectivity index (χ2v) is 4.37. The third kappa shape index (κ3) is 1.91. The van der Waals surface area contributed by atoms with Gasteiger partial charge in [-0.3, -0.25) is 9.69 Å². The molecule has 1 aliphatic carbocycles. The number of hydrogen-bond acceptors (Lipinski definition) is 3. The van der Waals surface area contributed by atoms with Crippen LogP contribution in [0.3, 0.4) is 0 Å². The fourth-order valence-electron chi connectivity index (χ4n) is 2.29. The molecule has 80 valence electrons. The maximum atomic E-state index is 11.0. The Balaban J connectivity index is 2.01. The van der Waals surface area contributed by atoms with Gasteiger partial charge in [0.15, 0.2) is 0 Å². The zero-order valence-electron chi connectivity index (χ0n) is 8.57. The van der Waals surface area contributed by atoms with Crippen molar-refractivity contribution in [3.8, 4) is 0 Å². The smallest absolute Gasteiger partial charge is 0.322 e. The molecular formula is C10H18N2O2. The van der Waals surface area contributed by atoms with Gasteiger partial charge in [0, 0.05) is 25.7 Å². The Morgan fingerprint density at radius 2 is 2.29 bits per heavy atom. The summed E-state index contributed by atoms with van der Waals surface area (Å²) in [4.78, 5) is 13.2. The van der Waals surface area contributed by atoms with Crippen LogP contribution in [0.15, 0.2) is 0 Å². The summed E-state index contributed by atoms with van der Waals surface area (Å²) < 4.78 is 0. The largest absolute Gasteiger partial charge is 0.480 e. The van der Waals surface area contributed by atoms with E-state index in [4.69, 9.17) is 5.11 Å². The van der Waals surface area contributed by atoms with Gasteiger partial charge in [0.1, 0.15) is 6.04 Å². The van der Waals surface area contributed by atoms with Crippen LogP contribution >= 0.6 is 0 Å².